The fourth-order valence-corrected chi connectivity index (χ4v) is 2.86. The Morgan fingerprint density at radius 3 is 3.00 bits per heavy atom. The van der Waals surface area contributed by atoms with Crippen LogP contribution in [0.4, 0.5) is 11.4 Å². The Morgan fingerprint density at radius 1 is 1.38 bits per heavy atom. The second-order valence-electron chi connectivity index (χ2n) is 5.32. The van der Waals surface area contributed by atoms with Crippen LogP contribution in [-0.4, -0.2) is 23.5 Å². The molecule has 0 radical (unpaired) electrons. The number of carbonyl (C=O) groups is 1. The van der Waals surface area contributed by atoms with E-state index in [4.69, 9.17) is 0 Å². The fourth-order valence-electron chi connectivity index (χ4n) is 2.86. The first-order valence-corrected chi connectivity index (χ1v) is 7.32. The summed E-state index contributed by atoms with van der Waals surface area (Å²) in [7, 11) is 0. The Balaban J connectivity index is 1.93. The monoisotopic (exact) mass is 281 g/mol. The average molecular weight is 281 g/mol. The smallest absolute Gasteiger partial charge is 0.277 e. The summed E-state index contributed by atoms with van der Waals surface area (Å²) in [5.74, 6) is -0.0350. The fraction of sp³-hybridized carbons (Fsp3) is 0.294. The van der Waals surface area contributed by atoms with Crippen molar-refractivity contribution in [3.05, 3.63) is 53.9 Å². The van der Waals surface area contributed by atoms with Gasteiger partial charge in [0.1, 0.15) is 5.69 Å². The van der Waals surface area contributed by atoms with Gasteiger partial charge >= 0.3 is 0 Å². The van der Waals surface area contributed by atoms with Gasteiger partial charge in [0.25, 0.3) is 5.91 Å². The van der Waals surface area contributed by atoms with Crippen molar-refractivity contribution >= 4 is 17.3 Å². The van der Waals surface area contributed by atoms with Crippen LogP contribution in [0.2, 0.25) is 0 Å². The molecule has 0 spiro atoms. The molecule has 1 aromatic heterocycles. The number of hydrogen-bond acceptors (Lipinski definition) is 3. The Morgan fingerprint density at radius 2 is 2.19 bits per heavy atom. The highest BCUT2D eigenvalue weighted by Gasteiger charge is 2.31. The molecule has 1 unspecified atom stereocenters. The molecule has 0 bridgehead atoms. The third-order valence-corrected chi connectivity index (χ3v) is 3.79. The van der Waals surface area contributed by atoms with E-state index in [0.29, 0.717) is 5.69 Å². The van der Waals surface area contributed by atoms with E-state index in [1.807, 2.05) is 42.2 Å². The van der Waals surface area contributed by atoms with Crippen LogP contribution in [0.15, 0.2) is 42.6 Å². The van der Waals surface area contributed by atoms with Crippen molar-refractivity contribution in [1.82, 2.24) is 4.98 Å². The highest BCUT2D eigenvalue weighted by molar-refractivity contribution is 6.06. The summed E-state index contributed by atoms with van der Waals surface area (Å²) in [4.78, 5) is 18.9. The molecular weight excluding hydrogens is 262 g/mol. The topological polar surface area (TPSA) is 45.2 Å². The molecule has 21 heavy (non-hydrogen) atoms. The van der Waals surface area contributed by atoms with E-state index in [0.717, 1.165) is 24.3 Å². The van der Waals surface area contributed by atoms with Crippen molar-refractivity contribution in [3.8, 4) is 0 Å². The van der Waals surface area contributed by atoms with Gasteiger partial charge in [-0.25, -0.2) is 0 Å². The summed E-state index contributed by atoms with van der Waals surface area (Å²) in [5, 5.41) is 3.21. The summed E-state index contributed by atoms with van der Waals surface area (Å²) >= 11 is 0. The van der Waals surface area contributed by atoms with Gasteiger partial charge in [0.15, 0.2) is 0 Å². The molecule has 0 fully saturated rings. The first-order chi connectivity index (χ1) is 10.2. The van der Waals surface area contributed by atoms with Crippen LogP contribution in [0.3, 0.4) is 0 Å². The number of carbonyl (C=O) groups excluding carboxylic acids is 1. The van der Waals surface area contributed by atoms with Crippen molar-refractivity contribution in [3.63, 3.8) is 0 Å². The highest BCUT2D eigenvalue weighted by Crippen LogP contribution is 2.32. The quantitative estimate of drug-likeness (QED) is 0.940. The molecule has 1 aliphatic heterocycles. The molecule has 1 atom stereocenters. The van der Waals surface area contributed by atoms with Gasteiger partial charge in [0, 0.05) is 30.2 Å². The maximum atomic E-state index is 12.8. The Bertz CT molecular complexity index is 669. The zero-order valence-electron chi connectivity index (χ0n) is 12.3. The first kappa shape index (κ1) is 13.6. The molecule has 1 aromatic carbocycles. The summed E-state index contributed by atoms with van der Waals surface area (Å²) < 4.78 is 0. The normalized spacial score (nSPS) is 16.7. The molecule has 1 N–H and O–H groups in total. The number of aromatic nitrogens is 1. The van der Waals surface area contributed by atoms with E-state index in [1.165, 1.54) is 5.56 Å². The summed E-state index contributed by atoms with van der Waals surface area (Å²) in [6.07, 6.45) is 2.58. The van der Waals surface area contributed by atoms with Gasteiger partial charge in [-0.05, 0) is 44.0 Å². The molecule has 0 saturated heterocycles. The first-order valence-electron chi connectivity index (χ1n) is 7.32. The van der Waals surface area contributed by atoms with Crippen LogP contribution in [0.1, 0.15) is 29.9 Å². The standard InChI is InChI=1S/C17H19N3O/c1-3-18-14-8-9-19-15(11-14)17(21)20-12(2)10-13-6-4-5-7-16(13)20/h4-9,11-12H,3,10H2,1-2H3,(H,18,19). The van der Waals surface area contributed by atoms with Crippen molar-refractivity contribution in [2.45, 2.75) is 26.3 Å². The minimum Gasteiger partial charge on any atom is -0.385 e. The Labute approximate surface area is 124 Å². The number of pyridine rings is 1. The number of nitrogens with zero attached hydrogens (tertiary/aromatic N) is 2. The van der Waals surface area contributed by atoms with Gasteiger partial charge in [-0.2, -0.15) is 0 Å². The van der Waals surface area contributed by atoms with Crippen LogP contribution in [0.5, 0.6) is 0 Å². The van der Waals surface area contributed by atoms with Crippen LogP contribution >= 0.6 is 0 Å². The molecule has 2 heterocycles. The van der Waals surface area contributed by atoms with Gasteiger partial charge < -0.3 is 10.2 Å². The van der Waals surface area contributed by atoms with Crippen LogP contribution in [0, 0.1) is 0 Å². The highest BCUT2D eigenvalue weighted by atomic mass is 16.2. The van der Waals surface area contributed by atoms with E-state index in [1.54, 1.807) is 6.20 Å². The summed E-state index contributed by atoms with van der Waals surface area (Å²) in [5.41, 5.74) is 3.64. The lowest BCUT2D eigenvalue weighted by molar-refractivity contribution is 0.0976. The molecule has 1 amide bonds. The van der Waals surface area contributed by atoms with Gasteiger partial charge in [-0.15, -0.1) is 0 Å². The Hall–Kier alpha value is -2.36. The number of hydrogen-bond donors (Lipinski definition) is 1. The number of anilines is 2. The lowest BCUT2D eigenvalue weighted by Gasteiger charge is -2.22. The second kappa shape index (κ2) is 5.56. The SMILES string of the molecule is CCNc1ccnc(C(=O)N2c3ccccc3CC2C)c1. The predicted octanol–water partition coefficient (Wildman–Crippen LogP) is 3.10. The van der Waals surface area contributed by atoms with Crippen molar-refractivity contribution < 1.29 is 4.79 Å². The third kappa shape index (κ3) is 2.49. The molecule has 3 rings (SSSR count). The molecule has 0 saturated carbocycles. The second-order valence-corrected chi connectivity index (χ2v) is 5.32. The predicted molar refractivity (Wildman–Crippen MR) is 84.8 cm³/mol. The van der Waals surface area contributed by atoms with E-state index in [-0.39, 0.29) is 11.9 Å². The zero-order chi connectivity index (χ0) is 14.8. The molecule has 4 heteroatoms. The average Bonchev–Trinajstić information content (AvgIpc) is 2.83. The van der Waals surface area contributed by atoms with E-state index >= 15 is 0 Å². The van der Waals surface area contributed by atoms with Gasteiger partial charge in [0.05, 0.1) is 0 Å². The van der Waals surface area contributed by atoms with Crippen molar-refractivity contribution in [2.24, 2.45) is 0 Å². The Kier molecular flexibility index (Phi) is 3.60. The van der Waals surface area contributed by atoms with E-state index < -0.39 is 0 Å². The van der Waals surface area contributed by atoms with Crippen LogP contribution in [0.25, 0.3) is 0 Å². The number of para-hydroxylation sites is 1. The molecule has 4 nitrogen and oxygen atoms in total. The van der Waals surface area contributed by atoms with Crippen LogP contribution in [-0.2, 0) is 6.42 Å². The lowest BCUT2D eigenvalue weighted by Crippen LogP contribution is -2.36. The third-order valence-electron chi connectivity index (χ3n) is 3.79. The maximum Gasteiger partial charge on any atom is 0.277 e. The molecule has 2 aromatic rings. The van der Waals surface area contributed by atoms with Crippen molar-refractivity contribution in [2.75, 3.05) is 16.8 Å². The number of rotatable bonds is 3. The van der Waals surface area contributed by atoms with Gasteiger partial charge in [0.2, 0.25) is 0 Å². The molecular formula is C17H19N3O. The van der Waals surface area contributed by atoms with E-state index in [2.05, 4.69) is 23.3 Å². The van der Waals surface area contributed by atoms with Gasteiger partial charge in [-0.1, -0.05) is 18.2 Å². The minimum absolute atomic E-state index is 0.0350. The van der Waals surface area contributed by atoms with Crippen molar-refractivity contribution in [1.29, 1.82) is 0 Å². The number of benzene rings is 1. The van der Waals surface area contributed by atoms with E-state index in [9.17, 15) is 4.79 Å². The molecule has 108 valence electrons. The molecule has 0 aliphatic carbocycles. The summed E-state index contributed by atoms with van der Waals surface area (Å²) in [6, 6.07) is 11.9. The number of fused-ring (bicyclic) bond motifs is 1. The summed E-state index contributed by atoms with van der Waals surface area (Å²) in [6.45, 7) is 4.92. The largest absolute Gasteiger partial charge is 0.385 e. The zero-order valence-corrected chi connectivity index (χ0v) is 12.3. The number of nitrogens with one attached hydrogen (secondary N) is 1. The lowest BCUT2D eigenvalue weighted by atomic mass is 10.1. The minimum atomic E-state index is -0.0350. The number of amides is 1. The van der Waals surface area contributed by atoms with Crippen LogP contribution < -0.4 is 10.2 Å². The molecule has 1 aliphatic rings. The maximum absolute atomic E-state index is 12.8. The van der Waals surface area contributed by atoms with Gasteiger partial charge in [-0.3, -0.25) is 9.78 Å².